The van der Waals surface area contributed by atoms with Crippen molar-refractivity contribution in [3.8, 4) is 0 Å². The van der Waals surface area contributed by atoms with E-state index in [4.69, 9.17) is 18.9 Å². The third-order valence-electron chi connectivity index (χ3n) is 4.48. The van der Waals surface area contributed by atoms with Crippen LogP contribution in [0.5, 0.6) is 0 Å². The second-order valence-corrected chi connectivity index (χ2v) is 5.74. The zero-order valence-electron chi connectivity index (χ0n) is 15.5. The van der Waals surface area contributed by atoms with Crippen LogP contribution in [0, 0.1) is 5.92 Å². The van der Waals surface area contributed by atoms with E-state index < -0.39 is 41.2 Å². The van der Waals surface area contributed by atoms with Crippen LogP contribution in [0.25, 0.3) is 0 Å². The molecule has 10 heteroatoms. The highest BCUT2D eigenvalue weighted by Gasteiger charge is 2.72. The lowest BCUT2D eigenvalue weighted by atomic mass is 9.80. The largest absolute Gasteiger partial charge is 0.467 e. The number of carbonyl (C=O) groups excluding carboxylic acids is 5. The zero-order valence-corrected chi connectivity index (χ0v) is 15.5. The summed E-state index contributed by atoms with van der Waals surface area (Å²) < 4.78 is 19.5. The van der Waals surface area contributed by atoms with Crippen molar-refractivity contribution < 1.29 is 42.9 Å². The molecular weight excluding hydrogens is 362 g/mol. The summed E-state index contributed by atoms with van der Waals surface area (Å²) in [5, 5.41) is 0. The SMILES string of the molecule is CCOC(=O)C1=C2CCC(=O)N2C(C(=O)OC)(C(=O)OC)C1C(=O)OCC. The molecule has 0 aromatic heterocycles. The van der Waals surface area contributed by atoms with E-state index in [0.29, 0.717) is 0 Å². The second kappa shape index (κ2) is 7.77. The highest BCUT2D eigenvalue weighted by molar-refractivity contribution is 6.17. The van der Waals surface area contributed by atoms with E-state index in [1.165, 1.54) is 6.92 Å². The van der Waals surface area contributed by atoms with Gasteiger partial charge in [0.2, 0.25) is 5.91 Å². The minimum atomic E-state index is -2.51. The van der Waals surface area contributed by atoms with Crippen LogP contribution in [0.2, 0.25) is 0 Å². The fourth-order valence-corrected chi connectivity index (χ4v) is 3.54. The Bertz CT molecular complexity index is 708. The second-order valence-electron chi connectivity index (χ2n) is 5.74. The van der Waals surface area contributed by atoms with Crippen molar-refractivity contribution >= 4 is 29.8 Å². The Hall–Kier alpha value is -2.91. The first-order valence-electron chi connectivity index (χ1n) is 8.39. The van der Waals surface area contributed by atoms with Gasteiger partial charge in [-0.1, -0.05) is 0 Å². The molecule has 1 atom stereocenters. The molecular formula is C17H21NO9. The van der Waals surface area contributed by atoms with Gasteiger partial charge in [0.1, 0.15) is 5.92 Å². The molecule has 0 bridgehead atoms. The molecule has 1 amide bonds. The Morgan fingerprint density at radius 3 is 2.04 bits per heavy atom. The minimum absolute atomic E-state index is 0.0114. The molecule has 0 aromatic carbocycles. The van der Waals surface area contributed by atoms with Crippen LogP contribution in [-0.4, -0.2) is 67.7 Å². The zero-order chi connectivity index (χ0) is 20.4. The normalized spacial score (nSPS) is 20.2. The van der Waals surface area contributed by atoms with Crippen molar-refractivity contribution in [2.75, 3.05) is 27.4 Å². The number of allylic oxidation sites excluding steroid dienone is 1. The molecule has 0 aliphatic carbocycles. The van der Waals surface area contributed by atoms with Crippen LogP contribution in [0.1, 0.15) is 26.7 Å². The lowest BCUT2D eigenvalue weighted by Crippen LogP contribution is -2.64. The summed E-state index contributed by atoms with van der Waals surface area (Å²) in [6.45, 7) is 2.99. The molecule has 0 radical (unpaired) electrons. The fourth-order valence-electron chi connectivity index (χ4n) is 3.54. The number of nitrogens with zero attached hydrogens (tertiary/aromatic N) is 1. The van der Waals surface area contributed by atoms with Gasteiger partial charge >= 0.3 is 23.9 Å². The molecule has 2 aliphatic rings. The number of hydrogen-bond acceptors (Lipinski definition) is 9. The smallest absolute Gasteiger partial charge is 0.345 e. The maximum Gasteiger partial charge on any atom is 0.345 e. The number of rotatable bonds is 6. The van der Waals surface area contributed by atoms with Gasteiger partial charge in [0.15, 0.2) is 0 Å². The summed E-state index contributed by atoms with van der Waals surface area (Å²) in [6, 6.07) is 0. The van der Waals surface area contributed by atoms with Gasteiger partial charge in [-0.3, -0.25) is 14.5 Å². The molecule has 2 aliphatic heterocycles. The molecule has 10 nitrogen and oxygen atoms in total. The van der Waals surface area contributed by atoms with Gasteiger partial charge in [-0.05, 0) is 20.3 Å². The van der Waals surface area contributed by atoms with Gasteiger partial charge in [0.25, 0.3) is 5.54 Å². The summed E-state index contributed by atoms with van der Waals surface area (Å²) >= 11 is 0. The molecule has 1 unspecified atom stereocenters. The average Bonchev–Trinajstić information content (AvgIpc) is 3.17. The number of hydrogen-bond donors (Lipinski definition) is 0. The van der Waals surface area contributed by atoms with E-state index in [-0.39, 0.29) is 37.3 Å². The van der Waals surface area contributed by atoms with Crippen LogP contribution in [-0.2, 0) is 42.9 Å². The summed E-state index contributed by atoms with van der Waals surface area (Å²) in [5.74, 6) is -6.74. The topological polar surface area (TPSA) is 126 Å². The van der Waals surface area contributed by atoms with Gasteiger partial charge in [0, 0.05) is 12.1 Å². The molecule has 0 spiro atoms. The first-order valence-corrected chi connectivity index (χ1v) is 8.39. The first kappa shape index (κ1) is 20.4. The van der Waals surface area contributed by atoms with Gasteiger partial charge < -0.3 is 18.9 Å². The summed E-state index contributed by atoms with van der Waals surface area (Å²) in [5.41, 5.74) is -2.72. The maximum atomic E-state index is 12.8. The van der Waals surface area contributed by atoms with Crippen LogP contribution in [0.4, 0.5) is 0 Å². The third-order valence-corrected chi connectivity index (χ3v) is 4.48. The van der Waals surface area contributed by atoms with Gasteiger partial charge in [-0.2, -0.15) is 0 Å². The van der Waals surface area contributed by atoms with Crippen LogP contribution in [0.3, 0.4) is 0 Å². The lowest BCUT2D eigenvalue weighted by Gasteiger charge is -2.35. The van der Waals surface area contributed by atoms with Crippen LogP contribution < -0.4 is 0 Å². The van der Waals surface area contributed by atoms with Gasteiger partial charge in [-0.25, -0.2) is 14.4 Å². The Balaban J connectivity index is 2.82. The van der Waals surface area contributed by atoms with E-state index in [2.05, 4.69) is 0 Å². The van der Waals surface area contributed by atoms with Crippen molar-refractivity contribution in [1.82, 2.24) is 4.90 Å². The highest BCUT2D eigenvalue weighted by atomic mass is 16.6. The van der Waals surface area contributed by atoms with E-state index in [1.54, 1.807) is 6.92 Å². The number of amides is 1. The van der Waals surface area contributed by atoms with E-state index >= 15 is 0 Å². The monoisotopic (exact) mass is 383 g/mol. The standard InChI is InChI=1S/C17H21NO9/c1-5-26-13(20)11-9-7-8-10(19)18(9)17(15(22)24-3,16(23)25-4)12(11)14(21)27-6-2/h12H,5-8H2,1-4H3. The Morgan fingerprint density at radius 1 is 1.00 bits per heavy atom. The first-order chi connectivity index (χ1) is 12.8. The van der Waals surface area contributed by atoms with Crippen molar-refractivity contribution in [3.63, 3.8) is 0 Å². The molecule has 1 fully saturated rings. The number of carbonyl (C=O) groups is 5. The maximum absolute atomic E-state index is 12.8. The Kier molecular flexibility index (Phi) is 5.87. The van der Waals surface area contributed by atoms with E-state index in [9.17, 15) is 24.0 Å². The predicted octanol–water partition coefficient (Wildman–Crippen LogP) is -0.296. The van der Waals surface area contributed by atoms with Crippen molar-refractivity contribution in [3.05, 3.63) is 11.3 Å². The molecule has 2 heterocycles. The molecule has 2 rings (SSSR count). The minimum Gasteiger partial charge on any atom is -0.467 e. The summed E-state index contributed by atoms with van der Waals surface area (Å²) in [6.07, 6.45) is 0.00213. The van der Waals surface area contributed by atoms with Gasteiger partial charge in [0.05, 0.1) is 33.0 Å². The molecule has 148 valence electrons. The number of fused-ring (bicyclic) bond motifs is 1. The van der Waals surface area contributed by atoms with Crippen LogP contribution in [0.15, 0.2) is 11.3 Å². The van der Waals surface area contributed by atoms with Gasteiger partial charge in [-0.15, -0.1) is 0 Å². The molecule has 0 aromatic rings. The van der Waals surface area contributed by atoms with E-state index in [0.717, 1.165) is 19.1 Å². The molecule has 0 saturated carbocycles. The fraction of sp³-hybridized carbons (Fsp3) is 0.588. The van der Waals surface area contributed by atoms with Crippen molar-refractivity contribution in [2.45, 2.75) is 32.2 Å². The highest BCUT2D eigenvalue weighted by Crippen LogP contribution is 2.49. The van der Waals surface area contributed by atoms with Crippen LogP contribution >= 0.6 is 0 Å². The molecule has 27 heavy (non-hydrogen) atoms. The number of esters is 4. The lowest BCUT2D eigenvalue weighted by molar-refractivity contribution is -0.180. The Morgan fingerprint density at radius 2 is 1.56 bits per heavy atom. The predicted molar refractivity (Wildman–Crippen MR) is 86.6 cm³/mol. The number of methoxy groups -OCH3 is 2. The molecule has 0 N–H and O–H groups in total. The summed E-state index contributed by atoms with van der Waals surface area (Å²) in [7, 11) is 2.00. The van der Waals surface area contributed by atoms with Crippen molar-refractivity contribution in [2.24, 2.45) is 5.92 Å². The summed E-state index contributed by atoms with van der Waals surface area (Å²) in [4.78, 5) is 64.2. The quantitative estimate of drug-likeness (QED) is 0.345. The third kappa shape index (κ3) is 2.84. The molecule has 1 saturated heterocycles. The van der Waals surface area contributed by atoms with Crippen molar-refractivity contribution in [1.29, 1.82) is 0 Å². The average molecular weight is 383 g/mol. The number of ether oxygens (including phenoxy) is 4. The Labute approximate surface area is 155 Å². The van der Waals surface area contributed by atoms with E-state index in [1.807, 2.05) is 0 Å².